The van der Waals surface area contributed by atoms with Crippen LogP contribution in [0.4, 0.5) is 5.82 Å². The summed E-state index contributed by atoms with van der Waals surface area (Å²) in [7, 11) is 2.14. The third kappa shape index (κ3) is 4.48. The molecule has 0 aliphatic rings. The van der Waals surface area contributed by atoms with Gasteiger partial charge in [-0.2, -0.15) is 0 Å². The van der Waals surface area contributed by atoms with Crippen molar-refractivity contribution in [2.45, 2.75) is 33.2 Å². The molecule has 0 aliphatic heterocycles. The molecule has 1 N–H and O–H groups in total. The van der Waals surface area contributed by atoms with E-state index in [4.69, 9.17) is 11.6 Å². The van der Waals surface area contributed by atoms with Crippen LogP contribution in [0.3, 0.4) is 0 Å². The van der Waals surface area contributed by atoms with Crippen LogP contribution >= 0.6 is 11.6 Å². The van der Waals surface area contributed by atoms with E-state index < -0.39 is 0 Å². The second-order valence-corrected chi connectivity index (χ2v) is 4.85. The maximum absolute atomic E-state index is 5.92. The molecule has 0 aromatic carbocycles. The molecule has 0 atom stereocenters. The van der Waals surface area contributed by atoms with E-state index in [-0.39, 0.29) is 0 Å². The molecule has 0 unspecified atom stereocenters. The maximum Gasteiger partial charge on any atom is 0.137 e. The van der Waals surface area contributed by atoms with E-state index in [0.29, 0.717) is 11.2 Å². The Morgan fingerprint density at radius 1 is 1.41 bits per heavy atom. The number of rotatable bonds is 6. The summed E-state index contributed by atoms with van der Waals surface area (Å²) in [6.45, 7) is 8.28. The van der Waals surface area contributed by atoms with Gasteiger partial charge in [-0.25, -0.2) is 9.97 Å². The summed E-state index contributed by atoms with van der Waals surface area (Å²) in [6.07, 6.45) is 2.56. The molecule has 1 heterocycles. The number of anilines is 1. The quantitative estimate of drug-likeness (QED) is 0.628. The van der Waals surface area contributed by atoms with Crippen molar-refractivity contribution in [3.8, 4) is 0 Å². The lowest BCUT2D eigenvalue weighted by atomic mass is 10.3. The van der Waals surface area contributed by atoms with Gasteiger partial charge in [-0.1, -0.05) is 11.6 Å². The summed E-state index contributed by atoms with van der Waals surface area (Å²) >= 11 is 5.92. The number of hydrogen-bond acceptors (Lipinski definition) is 4. The van der Waals surface area contributed by atoms with Gasteiger partial charge in [-0.3, -0.25) is 0 Å². The molecule has 1 aromatic rings. The summed E-state index contributed by atoms with van der Waals surface area (Å²) in [6, 6.07) is 0.588. The van der Waals surface area contributed by atoms with Gasteiger partial charge >= 0.3 is 0 Å². The lowest BCUT2D eigenvalue weighted by molar-refractivity contribution is 0.273. The lowest BCUT2D eigenvalue weighted by Gasteiger charge is -2.20. The Hall–Kier alpha value is -0.870. The Labute approximate surface area is 108 Å². The third-order valence-corrected chi connectivity index (χ3v) is 3.27. The van der Waals surface area contributed by atoms with Crippen molar-refractivity contribution in [3.05, 3.63) is 17.0 Å². The Balaban J connectivity index is 2.34. The highest BCUT2D eigenvalue weighted by Crippen LogP contribution is 2.17. The largest absolute Gasteiger partial charge is 0.370 e. The van der Waals surface area contributed by atoms with E-state index in [1.165, 1.54) is 6.33 Å². The number of aromatic nitrogens is 2. The SMILES string of the molecule is Cc1c(Cl)ncnc1NCCCN(C)C(C)C. The molecule has 0 aliphatic carbocycles. The van der Waals surface area contributed by atoms with E-state index in [1.54, 1.807) is 0 Å². The fraction of sp³-hybridized carbons (Fsp3) is 0.667. The number of hydrogen-bond donors (Lipinski definition) is 1. The zero-order chi connectivity index (χ0) is 12.8. The molecule has 0 bridgehead atoms. The van der Waals surface area contributed by atoms with Crippen LogP contribution < -0.4 is 5.32 Å². The molecule has 0 spiro atoms. The second-order valence-electron chi connectivity index (χ2n) is 4.49. The summed E-state index contributed by atoms with van der Waals surface area (Å²) in [5, 5.41) is 3.80. The van der Waals surface area contributed by atoms with Crippen molar-refractivity contribution in [2.24, 2.45) is 0 Å². The molecule has 1 aromatic heterocycles. The van der Waals surface area contributed by atoms with Crippen LogP contribution in [-0.2, 0) is 0 Å². The molecule has 0 saturated heterocycles. The topological polar surface area (TPSA) is 41.1 Å². The predicted octanol–water partition coefficient (Wildman–Crippen LogP) is 2.58. The van der Waals surface area contributed by atoms with Crippen LogP contribution in [0.5, 0.6) is 0 Å². The molecule has 0 fully saturated rings. The monoisotopic (exact) mass is 256 g/mol. The molecule has 0 saturated carbocycles. The Morgan fingerprint density at radius 3 is 2.76 bits per heavy atom. The normalized spacial score (nSPS) is 11.2. The van der Waals surface area contributed by atoms with Crippen molar-refractivity contribution in [1.29, 1.82) is 0 Å². The first kappa shape index (κ1) is 14.2. The van der Waals surface area contributed by atoms with Crippen LogP contribution in [0.1, 0.15) is 25.8 Å². The fourth-order valence-electron chi connectivity index (χ4n) is 1.40. The molecule has 0 amide bonds. The summed E-state index contributed by atoms with van der Waals surface area (Å²) in [5.41, 5.74) is 0.909. The van der Waals surface area contributed by atoms with E-state index in [2.05, 4.69) is 41.1 Å². The van der Waals surface area contributed by atoms with Gasteiger partial charge in [0.2, 0.25) is 0 Å². The lowest BCUT2D eigenvalue weighted by Crippen LogP contribution is -2.28. The highest BCUT2D eigenvalue weighted by atomic mass is 35.5. The predicted molar refractivity (Wildman–Crippen MR) is 72.7 cm³/mol. The molecule has 1 rings (SSSR count). The molecule has 96 valence electrons. The highest BCUT2D eigenvalue weighted by molar-refractivity contribution is 6.30. The third-order valence-electron chi connectivity index (χ3n) is 2.88. The fourth-order valence-corrected chi connectivity index (χ4v) is 1.53. The van der Waals surface area contributed by atoms with Gasteiger partial charge in [-0.15, -0.1) is 0 Å². The molecule has 0 radical (unpaired) electrons. The summed E-state index contributed by atoms with van der Waals surface area (Å²) in [4.78, 5) is 10.4. The standard InChI is InChI=1S/C12H21ClN4/c1-9(2)17(4)7-5-6-14-12-10(3)11(13)15-8-16-12/h8-9H,5-7H2,1-4H3,(H,14,15,16). The van der Waals surface area contributed by atoms with Gasteiger partial charge in [0, 0.05) is 18.2 Å². The molecular weight excluding hydrogens is 236 g/mol. The minimum absolute atomic E-state index is 0.516. The zero-order valence-electron chi connectivity index (χ0n) is 11.0. The van der Waals surface area contributed by atoms with Crippen molar-refractivity contribution in [1.82, 2.24) is 14.9 Å². The van der Waals surface area contributed by atoms with Crippen molar-refractivity contribution in [2.75, 3.05) is 25.5 Å². The van der Waals surface area contributed by atoms with Gasteiger partial charge < -0.3 is 10.2 Å². The average Bonchev–Trinajstić information content (AvgIpc) is 2.29. The Morgan fingerprint density at radius 2 is 2.12 bits per heavy atom. The zero-order valence-corrected chi connectivity index (χ0v) is 11.8. The molecule has 17 heavy (non-hydrogen) atoms. The molecular formula is C12H21ClN4. The Kier molecular flexibility index (Phi) is 5.65. The number of nitrogens with one attached hydrogen (secondary N) is 1. The van der Waals surface area contributed by atoms with Gasteiger partial charge in [0.15, 0.2) is 0 Å². The smallest absolute Gasteiger partial charge is 0.137 e. The average molecular weight is 257 g/mol. The first-order chi connectivity index (χ1) is 8.02. The van der Waals surface area contributed by atoms with Gasteiger partial charge in [0.1, 0.15) is 17.3 Å². The van der Waals surface area contributed by atoms with Crippen LogP contribution in [0, 0.1) is 6.92 Å². The second kappa shape index (κ2) is 6.77. The minimum atomic E-state index is 0.516. The van der Waals surface area contributed by atoms with Gasteiger partial charge in [0.25, 0.3) is 0 Å². The van der Waals surface area contributed by atoms with Crippen LogP contribution in [0.25, 0.3) is 0 Å². The van der Waals surface area contributed by atoms with Crippen molar-refractivity contribution in [3.63, 3.8) is 0 Å². The summed E-state index contributed by atoms with van der Waals surface area (Å²) in [5.74, 6) is 0.831. The number of nitrogens with zero attached hydrogens (tertiary/aromatic N) is 3. The van der Waals surface area contributed by atoms with Crippen LogP contribution in [0.2, 0.25) is 5.15 Å². The van der Waals surface area contributed by atoms with E-state index in [1.807, 2.05) is 6.92 Å². The summed E-state index contributed by atoms with van der Waals surface area (Å²) < 4.78 is 0. The number of halogens is 1. The molecule has 5 heteroatoms. The minimum Gasteiger partial charge on any atom is -0.370 e. The maximum atomic E-state index is 5.92. The van der Waals surface area contributed by atoms with Crippen molar-refractivity contribution < 1.29 is 0 Å². The van der Waals surface area contributed by atoms with E-state index in [9.17, 15) is 0 Å². The first-order valence-corrected chi connectivity index (χ1v) is 6.31. The van der Waals surface area contributed by atoms with E-state index in [0.717, 1.165) is 30.9 Å². The van der Waals surface area contributed by atoms with Crippen LogP contribution in [0.15, 0.2) is 6.33 Å². The van der Waals surface area contributed by atoms with Crippen LogP contribution in [-0.4, -0.2) is 41.0 Å². The van der Waals surface area contributed by atoms with E-state index >= 15 is 0 Å². The van der Waals surface area contributed by atoms with Crippen molar-refractivity contribution >= 4 is 17.4 Å². The van der Waals surface area contributed by atoms with Gasteiger partial charge in [-0.05, 0) is 40.8 Å². The molecule has 4 nitrogen and oxygen atoms in total. The Bertz CT molecular complexity index is 354. The first-order valence-electron chi connectivity index (χ1n) is 5.93. The highest BCUT2D eigenvalue weighted by Gasteiger charge is 2.05. The van der Waals surface area contributed by atoms with Gasteiger partial charge in [0.05, 0.1) is 0 Å².